The van der Waals surface area contributed by atoms with E-state index >= 15 is 0 Å². The Morgan fingerprint density at radius 2 is 2.00 bits per heavy atom. The molecule has 0 aromatic heterocycles. The van der Waals surface area contributed by atoms with E-state index < -0.39 is 14.3 Å². The topological polar surface area (TPSA) is 51.2 Å². The maximum atomic E-state index is 11.2. The first-order valence-electron chi connectivity index (χ1n) is 4.13. The predicted molar refractivity (Wildman–Crippen MR) is 59.0 cm³/mol. The molecule has 0 bridgehead atoms. The van der Waals surface area contributed by atoms with Gasteiger partial charge in [0, 0.05) is 16.2 Å². The molecule has 0 unspecified atom stereocenters. The average molecular weight is 267 g/mol. The van der Waals surface area contributed by atoms with E-state index in [4.69, 9.17) is 22.3 Å². The molecule has 3 nitrogen and oxygen atoms in total. The van der Waals surface area contributed by atoms with Crippen LogP contribution < -0.4 is 0 Å². The molecule has 0 aliphatic heterocycles. The van der Waals surface area contributed by atoms with Crippen LogP contribution in [0.5, 0.6) is 0 Å². The van der Waals surface area contributed by atoms with E-state index in [-0.39, 0.29) is 10.5 Å². The molecule has 0 atom stereocenters. The lowest BCUT2D eigenvalue weighted by molar-refractivity contribution is 0.108. The number of carbonyl (C=O) groups excluding carboxylic acids is 1. The molecular weight excluding hydrogens is 259 g/mol. The Morgan fingerprint density at radius 3 is 2.40 bits per heavy atom. The fourth-order valence-corrected chi connectivity index (χ4v) is 2.54. The van der Waals surface area contributed by atoms with E-state index in [1.807, 2.05) is 0 Å². The van der Waals surface area contributed by atoms with Crippen molar-refractivity contribution in [3.05, 3.63) is 29.3 Å². The lowest BCUT2D eigenvalue weighted by Gasteiger charge is -2.05. The minimum atomic E-state index is -3.84. The third-order valence-electron chi connectivity index (χ3n) is 1.94. The highest BCUT2D eigenvalue weighted by molar-refractivity contribution is 8.13. The number of benzene rings is 1. The Balaban J connectivity index is 3.46. The van der Waals surface area contributed by atoms with Crippen molar-refractivity contribution in [1.82, 2.24) is 0 Å². The second kappa shape index (κ2) is 4.51. The largest absolute Gasteiger partial charge is 0.276 e. The summed E-state index contributed by atoms with van der Waals surface area (Å²) in [5, 5.41) is -0.709. The van der Waals surface area contributed by atoms with Gasteiger partial charge in [-0.3, -0.25) is 4.79 Å². The van der Waals surface area contributed by atoms with Crippen molar-refractivity contribution in [3.63, 3.8) is 0 Å². The molecule has 1 aromatic carbocycles. The fourth-order valence-electron chi connectivity index (χ4n) is 1.20. The van der Waals surface area contributed by atoms with E-state index in [2.05, 4.69) is 0 Å². The molecule has 0 heterocycles. The van der Waals surface area contributed by atoms with Gasteiger partial charge in [-0.2, -0.15) is 0 Å². The zero-order chi connectivity index (χ0) is 11.6. The Bertz CT molecular complexity index is 494. The molecule has 0 spiro atoms. The maximum absolute atomic E-state index is 11.2. The van der Waals surface area contributed by atoms with Crippen molar-refractivity contribution in [1.29, 1.82) is 0 Å². The van der Waals surface area contributed by atoms with Crippen LogP contribution in [0.1, 0.15) is 22.8 Å². The predicted octanol–water partition coefficient (Wildman–Crippen LogP) is 2.56. The summed E-state index contributed by atoms with van der Waals surface area (Å²) < 4.78 is 22.4. The molecule has 6 heteroatoms. The van der Waals surface area contributed by atoms with Gasteiger partial charge in [0.25, 0.3) is 14.3 Å². The normalized spacial score (nSPS) is 11.4. The van der Waals surface area contributed by atoms with Gasteiger partial charge >= 0.3 is 0 Å². The van der Waals surface area contributed by atoms with Crippen molar-refractivity contribution in [2.75, 3.05) is 0 Å². The Morgan fingerprint density at radius 1 is 1.40 bits per heavy atom. The van der Waals surface area contributed by atoms with Crippen molar-refractivity contribution < 1.29 is 13.2 Å². The highest BCUT2D eigenvalue weighted by Gasteiger charge is 2.16. The van der Waals surface area contributed by atoms with E-state index in [1.54, 1.807) is 6.92 Å². The van der Waals surface area contributed by atoms with Crippen molar-refractivity contribution in [3.8, 4) is 0 Å². The first-order valence-corrected chi connectivity index (χ1v) is 6.82. The van der Waals surface area contributed by atoms with Crippen molar-refractivity contribution in [2.45, 2.75) is 18.2 Å². The second-order valence-electron chi connectivity index (χ2n) is 2.89. The molecule has 0 saturated heterocycles. The molecule has 0 amide bonds. The number of hydrogen-bond acceptors (Lipinski definition) is 3. The highest BCUT2D eigenvalue weighted by atomic mass is 35.7. The Labute approximate surface area is 97.4 Å². The maximum Gasteiger partial charge on any atom is 0.261 e. The van der Waals surface area contributed by atoms with Crippen molar-refractivity contribution in [2.24, 2.45) is 0 Å². The zero-order valence-corrected chi connectivity index (χ0v) is 10.2. The van der Waals surface area contributed by atoms with Crippen LogP contribution in [0.3, 0.4) is 0 Å². The first-order chi connectivity index (χ1) is 6.86. The SMILES string of the molecule is CCc1ccc(C(=O)Cl)cc1S(=O)(=O)Cl. The molecule has 0 N–H and O–H groups in total. The average Bonchev–Trinajstić information content (AvgIpc) is 2.15. The van der Waals surface area contributed by atoms with Gasteiger partial charge in [0.1, 0.15) is 0 Å². The van der Waals surface area contributed by atoms with Gasteiger partial charge in [-0.1, -0.05) is 13.0 Å². The molecule has 0 radical (unpaired) electrons. The number of rotatable bonds is 3. The summed E-state index contributed by atoms with van der Waals surface area (Å²) in [6, 6.07) is 4.20. The Kier molecular flexibility index (Phi) is 3.76. The van der Waals surface area contributed by atoms with Gasteiger partial charge in [-0.15, -0.1) is 0 Å². The molecule has 0 saturated carbocycles. The van der Waals surface area contributed by atoms with Crippen LogP contribution in [0, 0.1) is 0 Å². The third-order valence-corrected chi connectivity index (χ3v) is 3.56. The molecule has 0 aliphatic carbocycles. The van der Waals surface area contributed by atoms with Gasteiger partial charge in [0.15, 0.2) is 0 Å². The van der Waals surface area contributed by atoms with Crippen LogP contribution >= 0.6 is 22.3 Å². The van der Waals surface area contributed by atoms with E-state index in [1.165, 1.54) is 18.2 Å². The fraction of sp³-hybridized carbons (Fsp3) is 0.222. The zero-order valence-electron chi connectivity index (χ0n) is 7.83. The Hall–Kier alpha value is -0.580. The lowest BCUT2D eigenvalue weighted by atomic mass is 10.1. The monoisotopic (exact) mass is 266 g/mol. The number of hydrogen-bond donors (Lipinski definition) is 0. The van der Waals surface area contributed by atoms with Crippen LogP contribution in [0.2, 0.25) is 0 Å². The lowest BCUT2D eigenvalue weighted by Crippen LogP contribution is -2.00. The van der Waals surface area contributed by atoms with Gasteiger partial charge in [0.05, 0.1) is 4.90 Å². The molecule has 82 valence electrons. The summed E-state index contributed by atoms with van der Waals surface area (Å²) in [7, 11) is 1.40. The summed E-state index contributed by atoms with van der Waals surface area (Å²) in [6.45, 7) is 1.79. The first kappa shape index (κ1) is 12.5. The molecule has 1 rings (SSSR count). The number of carbonyl (C=O) groups is 1. The van der Waals surface area contributed by atoms with Gasteiger partial charge in [0.2, 0.25) is 0 Å². The third kappa shape index (κ3) is 2.93. The summed E-state index contributed by atoms with van der Waals surface area (Å²) >= 11 is 5.24. The molecule has 0 aliphatic rings. The summed E-state index contributed by atoms with van der Waals surface area (Å²) in [5.41, 5.74) is 0.680. The minimum absolute atomic E-state index is 0.0573. The van der Waals surface area contributed by atoms with Crippen LogP contribution in [-0.2, 0) is 15.5 Å². The summed E-state index contributed by atoms with van der Waals surface area (Å²) in [6.07, 6.45) is 0.512. The van der Waals surface area contributed by atoms with E-state index in [9.17, 15) is 13.2 Å². The van der Waals surface area contributed by atoms with Crippen molar-refractivity contribution >= 4 is 36.6 Å². The highest BCUT2D eigenvalue weighted by Crippen LogP contribution is 2.22. The number of aryl methyl sites for hydroxylation is 1. The number of halogens is 2. The summed E-state index contributed by atoms with van der Waals surface area (Å²) in [4.78, 5) is 10.8. The van der Waals surface area contributed by atoms with Crippen LogP contribution in [0.15, 0.2) is 23.1 Å². The van der Waals surface area contributed by atoms with Gasteiger partial charge in [-0.05, 0) is 35.7 Å². The smallest absolute Gasteiger partial charge is 0.261 e. The summed E-state index contributed by atoms with van der Waals surface area (Å²) in [5.74, 6) is 0. The van der Waals surface area contributed by atoms with Crippen LogP contribution in [0.4, 0.5) is 0 Å². The molecule has 1 aromatic rings. The molecular formula is C9H8Cl2O3S. The van der Waals surface area contributed by atoms with Gasteiger partial charge < -0.3 is 0 Å². The van der Waals surface area contributed by atoms with E-state index in [0.29, 0.717) is 12.0 Å². The van der Waals surface area contributed by atoms with Crippen LogP contribution in [-0.4, -0.2) is 13.7 Å². The van der Waals surface area contributed by atoms with E-state index in [0.717, 1.165) is 0 Å². The molecule has 15 heavy (non-hydrogen) atoms. The standard InChI is InChI=1S/C9H8Cl2O3S/c1-2-6-3-4-7(9(10)12)5-8(6)15(11,13)14/h3-5H,2H2,1H3. The second-order valence-corrected chi connectivity index (χ2v) is 5.77. The van der Waals surface area contributed by atoms with Crippen LogP contribution in [0.25, 0.3) is 0 Å². The minimum Gasteiger partial charge on any atom is -0.276 e. The quantitative estimate of drug-likeness (QED) is 0.791. The molecule has 0 fully saturated rings. The van der Waals surface area contributed by atoms with Gasteiger partial charge in [-0.25, -0.2) is 8.42 Å².